The van der Waals surface area contributed by atoms with E-state index in [1.807, 2.05) is 32.1 Å². The van der Waals surface area contributed by atoms with E-state index in [9.17, 15) is 0 Å². The van der Waals surface area contributed by atoms with Gasteiger partial charge in [-0.25, -0.2) is 0 Å². The van der Waals surface area contributed by atoms with Gasteiger partial charge >= 0.3 is 0 Å². The molecule has 1 fully saturated rings. The zero-order chi connectivity index (χ0) is 12.7. The van der Waals surface area contributed by atoms with Crippen molar-refractivity contribution in [2.45, 2.75) is 13.8 Å². The van der Waals surface area contributed by atoms with Crippen molar-refractivity contribution in [1.82, 2.24) is 9.80 Å². The first-order valence-corrected chi connectivity index (χ1v) is 6.05. The van der Waals surface area contributed by atoms with Crippen molar-refractivity contribution in [2.75, 3.05) is 33.2 Å². The summed E-state index contributed by atoms with van der Waals surface area (Å²) in [7, 11) is 2.14. The smallest absolute Gasteiger partial charge is 0.0988 e. The van der Waals surface area contributed by atoms with Crippen molar-refractivity contribution in [3.63, 3.8) is 0 Å². The van der Waals surface area contributed by atoms with Crippen LogP contribution in [0, 0.1) is 11.3 Å². The van der Waals surface area contributed by atoms with Crippen LogP contribution in [0.25, 0.3) is 0 Å². The molecule has 0 aliphatic carbocycles. The molecule has 17 heavy (non-hydrogen) atoms. The number of likely N-dealkylation sites (N-methyl/N-ethyl adjacent to an activating group) is 1. The normalized spacial score (nSPS) is 19.8. The Morgan fingerprint density at radius 3 is 2.29 bits per heavy atom. The Labute approximate surface area is 104 Å². The zero-order valence-corrected chi connectivity index (χ0v) is 11.0. The third-order valence-electron chi connectivity index (χ3n) is 2.95. The van der Waals surface area contributed by atoms with E-state index in [0.29, 0.717) is 0 Å². The largest absolute Gasteiger partial charge is 0.369 e. The highest BCUT2D eigenvalue weighted by Gasteiger charge is 2.14. The van der Waals surface area contributed by atoms with Gasteiger partial charge in [-0.15, -0.1) is 0 Å². The van der Waals surface area contributed by atoms with Crippen LogP contribution in [0.15, 0.2) is 35.6 Å². The summed E-state index contributed by atoms with van der Waals surface area (Å²) in [5.41, 5.74) is 1.85. The van der Waals surface area contributed by atoms with E-state index in [1.165, 1.54) is 0 Å². The number of rotatable bonds is 3. The van der Waals surface area contributed by atoms with Gasteiger partial charge in [0, 0.05) is 37.4 Å². The van der Waals surface area contributed by atoms with Crippen LogP contribution in [0.4, 0.5) is 0 Å². The van der Waals surface area contributed by atoms with E-state index >= 15 is 0 Å². The van der Waals surface area contributed by atoms with Gasteiger partial charge in [0.05, 0.1) is 6.07 Å². The van der Waals surface area contributed by atoms with Gasteiger partial charge in [-0.05, 0) is 33.0 Å². The Balaban J connectivity index is 2.83. The minimum absolute atomic E-state index is 0.719. The van der Waals surface area contributed by atoms with Crippen LogP contribution in [-0.4, -0.2) is 43.0 Å². The predicted octanol–water partition coefficient (Wildman–Crippen LogP) is 2.16. The number of hydrogen-bond acceptors (Lipinski definition) is 3. The standard InChI is InChI=1S/C14H21N3/c1-4-6-14(11-13(5-2)12-15)17-9-7-16(3)8-10-17/h4-6,11H,7-10H2,1-3H3/b6-4-,13-5+,14-11+. The number of nitrogens with zero attached hydrogens (tertiary/aromatic N) is 3. The van der Waals surface area contributed by atoms with E-state index in [2.05, 4.69) is 29.0 Å². The molecule has 1 aliphatic rings. The second kappa shape index (κ2) is 6.93. The molecule has 0 unspecified atom stereocenters. The number of piperazine rings is 1. The van der Waals surface area contributed by atoms with Gasteiger partial charge in [-0.3, -0.25) is 0 Å². The van der Waals surface area contributed by atoms with Crippen molar-refractivity contribution in [2.24, 2.45) is 0 Å². The van der Waals surface area contributed by atoms with Crippen LogP contribution in [0.2, 0.25) is 0 Å². The lowest BCUT2D eigenvalue weighted by atomic mass is 10.2. The molecule has 0 aromatic carbocycles. The highest BCUT2D eigenvalue weighted by Crippen LogP contribution is 2.13. The van der Waals surface area contributed by atoms with Crippen LogP contribution in [0.3, 0.4) is 0 Å². The average Bonchev–Trinajstić information content (AvgIpc) is 2.35. The van der Waals surface area contributed by atoms with Gasteiger partial charge in [0.1, 0.15) is 0 Å². The highest BCUT2D eigenvalue weighted by atomic mass is 15.2. The summed E-state index contributed by atoms with van der Waals surface area (Å²) in [6.45, 7) is 8.10. The maximum absolute atomic E-state index is 8.97. The van der Waals surface area contributed by atoms with Gasteiger partial charge in [-0.2, -0.15) is 5.26 Å². The molecule has 0 amide bonds. The maximum atomic E-state index is 8.97. The summed E-state index contributed by atoms with van der Waals surface area (Å²) in [4.78, 5) is 4.66. The van der Waals surface area contributed by atoms with Crippen molar-refractivity contribution in [1.29, 1.82) is 5.26 Å². The Bertz CT molecular complexity index is 363. The fraction of sp³-hybridized carbons (Fsp3) is 0.500. The lowest BCUT2D eigenvalue weighted by Crippen LogP contribution is -2.43. The zero-order valence-electron chi connectivity index (χ0n) is 11.0. The average molecular weight is 231 g/mol. The fourth-order valence-corrected chi connectivity index (χ4v) is 1.82. The maximum Gasteiger partial charge on any atom is 0.0988 e. The van der Waals surface area contributed by atoms with Gasteiger partial charge in [0.2, 0.25) is 0 Å². The van der Waals surface area contributed by atoms with Crippen LogP contribution in [0.1, 0.15) is 13.8 Å². The van der Waals surface area contributed by atoms with Crippen LogP contribution < -0.4 is 0 Å². The van der Waals surface area contributed by atoms with Gasteiger partial charge in [-0.1, -0.05) is 12.2 Å². The van der Waals surface area contributed by atoms with Crippen LogP contribution in [0.5, 0.6) is 0 Å². The monoisotopic (exact) mass is 231 g/mol. The summed E-state index contributed by atoms with van der Waals surface area (Å²) in [6, 6.07) is 2.20. The molecular weight excluding hydrogens is 210 g/mol. The van der Waals surface area contributed by atoms with Gasteiger partial charge in [0.15, 0.2) is 0 Å². The minimum atomic E-state index is 0.719. The molecule has 0 aromatic heterocycles. The second-order valence-electron chi connectivity index (χ2n) is 4.22. The summed E-state index contributed by atoms with van der Waals surface area (Å²) in [5.74, 6) is 0. The quantitative estimate of drug-likeness (QED) is 0.551. The second-order valence-corrected chi connectivity index (χ2v) is 4.22. The van der Waals surface area contributed by atoms with Crippen LogP contribution in [-0.2, 0) is 0 Å². The Kier molecular flexibility index (Phi) is 5.51. The summed E-state index contributed by atoms with van der Waals surface area (Å²) < 4.78 is 0. The van der Waals surface area contributed by atoms with Gasteiger partial charge in [0.25, 0.3) is 0 Å². The lowest BCUT2D eigenvalue weighted by Gasteiger charge is -2.34. The fourth-order valence-electron chi connectivity index (χ4n) is 1.82. The molecule has 0 bridgehead atoms. The molecule has 92 valence electrons. The molecule has 1 heterocycles. The molecule has 1 aliphatic heterocycles. The molecule has 3 heteroatoms. The minimum Gasteiger partial charge on any atom is -0.369 e. The topological polar surface area (TPSA) is 30.3 Å². The molecular formula is C14H21N3. The van der Waals surface area contributed by atoms with E-state index in [0.717, 1.165) is 37.4 Å². The van der Waals surface area contributed by atoms with E-state index in [4.69, 9.17) is 5.26 Å². The predicted molar refractivity (Wildman–Crippen MR) is 71.3 cm³/mol. The summed E-state index contributed by atoms with van der Waals surface area (Å²) in [5, 5.41) is 8.97. The highest BCUT2D eigenvalue weighted by molar-refractivity contribution is 5.38. The van der Waals surface area contributed by atoms with E-state index in [-0.39, 0.29) is 0 Å². The third-order valence-corrected chi connectivity index (χ3v) is 2.95. The van der Waals surface area contributed by atoms with E-state index in [1.54, 1.807) is 0 Å². The first-order chi connectivity index (χ1) is 8.21. The third kappa shape index (κ3) is 4.08. The molecule has 0 N–H and O–H groups in total. The van der Waals surface area contributed by atoms with Crippen LogP contribution >= 0.6 is 0 Å². The number of allylic oxidation sites excluding steroid dienone is 5. The molecule has 0 atom stereocenters. The molecule has 3 nitrogen and oxygen atoms in total. The summed E-state index contributed by atoms with van der Waals surface area (Å²) >= 11 is 0. The number of nitriles is 1. The molecule has 1 saturated heterocycles. The lowest BCUT2D eigenvalue weighted by molar-refractivity contribution is 0.190. The Morgan fingerprint density at radius 1 is 1.18 bits per heavy atom. The Hall–Kier alpha value is -1.53. The SMILES string of the molecule is C\C=C/C(=C\C(C#N)=C/C)N1CCN(C)CC1. The molecule has 0 spiro atoms. The van der Waals surface area contributed by atoms with E-state index < -0.39 is 0 Å². The van der Waals surface area contributed by atoms with Gasteiger partial charge < -0.3 is 9.80 Å². The van der Waals surface area contributed by atoms with Crippen molar-refractivity contribution in [3.05, 3.63) is 35.6 Å². The molecule has 0 saturated carbocycles. The summed E-state index contributed by atoms with van der Waals surface area (Å²) in [6.07, 6.45) is 7.91. The first-order valence-electron chi connectivity index (χ1n) is 6.05. The Morgan fingerprint density at radius 2 is 1.82 bits per heavy atom. The van der Waals surface area contributed by atoms with Crippen molar-refractivity contribution >= 4 is 0 Å². The van der Waals surface area contributed by atoms with Crippen molar-refractivity contribution < 1.29 is 0 Å². The molecule has 0 aromatic rings. The molecule has 0 radical (unpaired) electrons. The van der Waals surface area contributed by atoms with Crippen molar-refractivity contribution in [3.8, 4) is 6.07 Å². The first kappa shape index (κ1) is 13.5. The number of hydrogen-bond donors (Lipinski definition) is 0. The molecule has 1 rings (SSSR count).